The van der Waals surface area contributed by atoms with Crippen LogP contribution in [0.3, 0.4) is 0 Å². The number of anilines is 1. The zero-order valence-corrected chi connectivity index (χ0v) is 14.6. The molecule has 3 rings (SSSR count). The third kappa shape index (κ3) is 3.26. The molecule has 4 nitrogen and oxygen atoms in total. The third-order valence-corrected chi connectivity index (χ3v) is 5.03. The summed E-state index contributed by atoms with van der Waals surface area (Å²) in [5.74, 6) is -0.229. The second-order valence-corrected chi connectivity index (χ2v) is 6.82. The molecule has 0 radical (unpaired) electrons. The SMILES string of the molecule is CN(C)c1ccc([C@@H]2CC(c3cccs3)=NN2C(=O)CCl)cc1. The Hall–Kier alpha value is -1.85. The van der Waals surface area contributed by atoms with Crippen LogP contribution >= 0.6 is 22.9 Å². The molecule has 0 N–H and O–H groups in total. The fraction of sp³-hybridized carbons (Fsp3) is 0.294. The Morgan fingerprint density at radius 3 is 2.65 bits per heavy atom. The molecule has 120 valence electrons. The monoisotopic (exact) mass is 347 g/mol. The van der Waals surface area contributed by atoms with Crippen LogP contribution in [0.25, 0.3) is 0 Å². The van der Waals surface area contributed by atoms with E-state index in [-0.39, 0.29) is 17.8 Å². The first kappa shape index (κ1) is 16.0. The van der Waals surface area contributed by atoms with Gasteiger partial charge in [0.15, 0.2) is 0 Å². The van der Waals surface area contributed by atoms with Gasteiger partial charge in [0.05, 0.1) is 16.6 Å². The molecule has 1 amide bonds. The molecule has 1 atom stereocenters. The largest absolute Gasteiger partial charge is 0.378 e. The van der Waals surface area contributed by atoms with E-state index < -0.39 is 0 Å². The van der Waals surface area contributed by atoms with Crippen molar-refractivity contribution in [2.75, 3.05) is 24.9 Å². The van der Waals surface area contributed by atoms with Crippen molar-refractivity contribution in [1.82, 2.24) is 5.01 Å². The van der Waals surface area contributed by atoms with E-state index in [1.807, 2.05) is 36.5 Å². The lowest BCUT2D eigenvalue weighted by atomic mass is 10.0. The highest BCUT2D eigenvalue weighted by molar-refractivity contribution is 7.12. The summed E-state index contributed by atoms with van der Waals surface area (Å²) >= 11 is 7.40. The Labute approximate surface area is 145 Å². The molecule has 2 heterocycles. The van der Waals surface area contributed by atoms with E-state index in [2.05, 4.69) is 29.4 Å². The van der Waals surface area contributed by atoms with Gasteiger partial charge in [0.25, 0.3) is 5.91 Å². The zero-order valence-electron chi connectivity index (χ0n) is 13.1. The number of hydrazone groups is 1. The number of carbonyl (C=O) groups is 1. The van der Waals surface area contributed by atoms with Crippen LogP contribution in [-0.2, 0) is 4.79 Å². The van der Waals surface area contributed by atoms with Crippen molar-refractivity contribution in [3.05, 3.63) is 52.2 Å². The number of hydrogen-bond donors (Lipinski definition) is 0. The van der Waals surface area contributed by atoms with Crippen molar-refractivity contribution in [2.45, 2.75) is 12.5 Å². The topological polar surface area (TPSA) is 35.9 Å². The van der Waals surface area contributed by atoms with Gasteiger partial charge in [-0.3, -0.25) is 4.79 Å². The van der Waals surface area contributed by atoms with Gasteiger partial charge in [-0.05, 0) is 29.1 Å². The van der Waals surface area contributed by atoms with Gasteiger partial charge in [-0.1, -0.05) is 18.2 Å². The standard InChI is InChI=1S/C17H18ClN3OS/c1-20(2)13-7-5-12(6-8-13)15-10-14(16-4-3-9-23-16)19-21(15)17(22)11-18/h3-9,15H,10-11H2,1-2H3/t15-/m0/s1. The zero-order chi connectivity index (χ0) is 16.4. The van der Waals surface area contributed by atoms with Crippen molar-refractivity contribution in [3.63, 3.8) is 0 Å². The lowest BCUT2D eigenvalue weighted by molar-refractivity contribution is -0.130. The summed E-state index contributed by atoms with van der Waals surface area (Å²) in [6.45, 7) is 0. The maximum Gasteiger partial charge on any atom is 0.258 e. The van der Waals surface area contributed by atoms with Crippen molar-refractivity contribution >= 4 is 40.2 Å². The number of hydrogen-bond acceptors (Lipinski definition) is 4. The van der Waals surface area contributed by atoms with Gasteiger partial charge in [0.2, 0.25) is 0 Å². The van der Waals surface area contributed by atoms with E-state index in [0.29, 0.717) is 6.42 Å². The summed E-state index contributed by atoms with van der Waals surface area (Å²) in [6, 6.07) is 12.2. The molecule has 0 saturated heterocycles. The Balaban J connectivity index is 1.90. The molecule has 0 bridgehead atoms. The Kier molecular flexibility index (Phi) is 4.68. The minimum Gasteiger partial charge on any atom is -0.378 e. The van der Waals surface area contributed by atoms with Crippen LogP contribution in [0.4, 0.5) is 5.69 Å². The first-order chi connectivity index (χ1) is 11.1. The van der Waals surface area contributed by atoms with Crippen LogP contribution in [0.5, 0.6) is 0 Å². The second kappa shape index (κ2) is 6.72. The molecule has 23 heavy (non-hydrogen) atoms. The van der Waals surface area contributed by atoms with Gasteiger partial charge in [-0.25, -0.2) is 5.01 Å². The quantitative estimate of drug-likeness (QED) is 0.790. The predicted molar refractivity (Wildman–Crippen MR) is 96.5 cm³/mol. The molecule has 2 aromatic rings. The Morgan fingerprint density at radius 2 is 2.09 bits per heavy atom. The Morgan fingerprint density at radius 1 is 1.35 bits per heavy atom. The van der Waals surface area contributed by atoms with Crippen molar-refractivity contribution < 1.29 is 4.79 Å². The van der Waals surface area contributed by atoms with Crippen molar-refractivity contribution in [3.8, 4) is 0 Å². The summed E-state index contributed by atoms with van der Waals surface area (Å²) in [5, 5.41) is 8.09. The first-order valence-corrected chi connectivity index (χ1v) is 8.78. The molecule has 1 aromatic carbocycles. The smallest absolute Gasteiger partial charge is 0.258 e. The highest BCUT2D eigenvalue weighted by atomic mass is 35.5. The molecule has 1 aliphatic rings. The summed E-state index contributed by atoms with van der Waals surface area (Å²) < 4.78 is 0. The number of alkyl halides is 1. The van der Waals surface area contributed by atoms with Gasteiger partial charge in [-0.2, -0.15) is 5.10 Å². The van der Waals surface area contributed by atoms with Gasteiger partial charge in [0, 0.05) is 26.2 Å². The van der Waals surface area contributed by atoms with Crippen LogP contribution in [-0.4, -0.2) is 36.6 Å². The molecule has 1 aromatic heterocycles. The van der Waals surface area contributed by atoms with Crippen LogP contribution < -0.4 is 4.90 Å². The second-order valence-electron chi connectivity index (χ2n) is 5.60. The minimum atomic E-state index is -0.167. The van der Waals surface area contributed by atoms with Crippen LogP contribution in [0.15, 0.2) is 46.9 Å². The Bertz CT molecular complexity index is 710. The average Bonchev–Trinajstić information content (AvgIpc) is 3.23. The minimum absolute atomic E-state index is 0.0620. The number of thiophene rings is 1. The normalized spacial score (nSPS) is 17.3. The molecule has 6 heteroatoms. The maximum absolute atomic E-state index is 12.2. The van der Waals surface area contributed by atoms with E-state index in [0.717, 1.165) is 21.8 Å². The number of halogens is 1. The van der Waals surface area contributed by atoms with Crippen LogP contribution in [0.1, 0.15) is 22.9 Å². The highest BCUT2D eigenvalue weighted by Gasteiger charge is 2.32. The molecule has 0 spiro atoms. The highest BCUT2D eigenvalue weighted by Crippen LogP contribution is 2.34. The van der Waals surface area contributed by atoms with E-state index >= 15 is 0 Å². The van der Waals surface area contributed by atoms with E-state index in [1.165, 1.54) is 5.01 Å². The number of nitrogens with zero attached hydrogens (tertiary/aromatic N) is 3. The van der Waals surface area contributed by atoms with Gasteiger partial charge < -0.3 is 4.90 Å². The van der Waals surface area contributed by atoms with Crippen LogP contribution in [0.2, 0.25) is 0 Å². The summed E-state index contributed by atoms with van der Waals surface area (Å²) in [6.07, 6.45) is 0.713. The van der Waals surface area contributed by atoms with E-state index in [9.17, 15) is 4.79 Å². The molecular formula is C17H18ClN3OS. The van der Waals surface area contributed by atoms with E-state index in [1.54, 1.807) is 11.3 Å². The van der Waals surface area contributed by atoms with Gasteiger partial charge >= 0.3 is 0 Å². The average molecular weight is 348 g/mol. The number of benzene rings is 1. The van der Waals surface area contributed by atoms with Gasteiger partial charge in [-0.15, -0.1) is 22.9 Å². The van der Waals surface area contributed by atoms with Crippen molar-refractivity contribution in [2.24, 2.45) is 5.10 Å². The summed E-state index contributed by atoms with van der Waals surface area (Å²) in [7, 11) is 4.01. The predicted octanol–water partition coefficient (Wildman–Crippen LogP) is 3.73. The fourth-order valence-corrected chi connectivity index (χ4v) is 3.49. The fourth-order valence-electron chi connectivity index (χ4n) is 2.65. The van der Waals surface area contributed by atoms with Crippen molar-refractivity contribution in [1.29, 1.82) is 0 Å². The first-order valence-electron chi connectivity index (χ1n) is 7.37. The summed E-state index contributed by atoms with van der Waals surface area (Å²) in [4.78, 5) is 15.3. The third-order valence-electron chi connectivity index (χ3n) is 3.88. The molecule has 0 saturated carbocycles. The number of amides is 1. The van der Waals surface area contributed by atoms with Crippen LogP contribution in [0, 0.1) is 0 Å². The lowest BCUT2D eigenvalue weighted by Crippen LogP contribution is -2.28. The molecule has 0 fully saturated rings. The molecule has 0 unspecified atom stereocenters. The summed E-state index contributed by atoms with van der Waals surface area (Å²) in [5.41, 5.74) is 3.14. The number of rotatable bonds is 4. The molecule has 1 aliphatic heterocycles. The maximum atomic E-state index is 12.2. The lowest BCUT2D eigenvalue weighted by Gasteiger charge is -2.22. The van der Waals surface area contributed by atoms with E-state index in [4.69, 9.17) is 11.6 Å². The van der Waals surface area contributed by atoms with Gasteiger partial charge in [0.1, 0.15) is 5.88 Å². The molecular weight excluding hydrogens is 330 g/mol. The molecule has 0 aliphatic carbocycles. The number of carbonyl (C=O) groups excluding carboxylic acids is 1.